The number of rotatable bonds is 5. The Bertz CT molecular complexity index is 373. The van der Waals surface area contributed by atoms with Crippen LogP contribution in [0.1, 0.15) is 10.4 Å². The van der Waals surface area contributed by atoms with Crippen LogP contribution in [-0.4, -0.2) is 26.2 Å². The molecule has 4 nitrogen and oxygen atoms in total. The molecule has 1 aromatic rings. The van der Waals surface area contributed by atoms with Crippen LogP contribution < -0.4 is 5.48 Å². The first-order chi connectivity index (χ1) is 7.65. The van der Waals surface area contributed by atoms with Crippen LogP contribution in [-0.2, 0) is 9.57 Å². The Morgan fingerprint density at radius 2 is 2.25 bits per heavy atom. The fourth-order valence-corrected chi connectivity index (χ4v) is 1.12. The average molecular weight is 248 g/mol. The number of carbonyl (C=O) groups excluding carboxylic acids is 1. The number of hydroxylamine groups is 1. The number of ether oxygens (including phenoxy) is 1. The van der Waals surface area contributed by atoms with E-state index in [4.69, 9.17) is 21.2 Å². The summed E-state index contributed by atoms with van der Waals surface area (Å²) in [6.45, 7) is 0.599. The summed E-state index contributed by atoms with van der Waals surface area (Å²) in [5.74, 6) is -1.06. The monoisotopic (exact) mass is 247 g/mol. The summed E-state index contributed by atoms with van der Waals surface area (Å²) in [6.07, 6.45) is 0. The molecule has 6 heteroatoms. The zero-order chi connectivity index (χ0) is 12.0. The van der Waals surface area contributed by atoms with Gasteiger partial charge in [0.1, 0.15) is 5.82 Å². The van der Waals surface area contributed by atoms with Crippen LogP contribution in [0.2, 0.25) is 5.02 Å². The molecule has 1 aromatic carbocycles. The van der Waals surface area contributed by atoms with Crippen LogP contribution in [0.15, 0.2) is 18.2 Å². The third-order valence-electron chi connectivity index (χ3n) is 1.74. The largest absolute Gasteiger partial charge is 0.382 e. The lowest BCUT2D eigenvalue weighted by molar-refractivity contribution is 0.00888. The van der Waals surface area contributed by atoms with Crippen molar-refractivity contribution in [1.82, 2.24) is 5.48 Å². The SMILES string of the molecule is COCCONC(=O)c1ccc(F)c(Cl)c1. The average Bonchev–Trinajstić information content (AvgIpc) is 2.28. The third kappa shape index (κ3) is 3.77. The molecule has 1 N–H and O–H groups in total. The number of halogens is 2. The number of hydrogen-bond donors (Lipinski definition) is 1. The maximum Gasteiger partial charge on any atom is 0.274 e. The Morgan fingerprint density at radius 1 is 1.50 bits per heavy atom. The molecular weight excluding hydrogens is 237 g/mol. The summed E-state index contributed by atoms with van der Waals surface area (Å²) in [6, 6.07) is 3.66. The van der Waals surface area contributed by atoms with Crippen molar-refractivity contribution in [2.75, 3.05) is 20.3 Å². The van der Waals surface area contributed by atoms with E-state index in [-0.39, 0.29) is 17.2 Å². The van der Waals surface area contributed by atoms with E-state index in [1.807, 2.05) is 0 Å². The first-order valence-electron chi connectivity index (χ1n) is 4.51. The molecule has 0 bridgehead atoms. The summed E-state index contributed by atoms with van der Waals surface area (Å²) < 4.78 is 17.5. The maximum absolute atomic E-state index is 12.8. The van der Waals surface area contributed by atoms with Crippen LogP contribution in [0.25, 0.3) is 0 Å². The first kappa shape index (κ1) is 12.9. The van der Waals surface area contributed by atoms with Crippen LogP contribution in [0.3, 0.4) is 0 Å². The van der Waals surface area contributed by atoms with Crippen LogP contribution in [0.5, 0.6) is 0 Å². The van der Waals surface area contributed by atoms with Crippen molar-refractivity contribution in [3.05, 3.63) is 34.6 Å². The molecule has 0 aromatic heterocycles. The summed E-state index contributed by atoms with van der Waals surface area (Å²) in [7, 11) is 1.52. The van der Waals surface area contributed by atoms with Gasteiger partial charge in [-0.1, -0.05) is 11.6 Å². The van der Waals surface area contributed by atoms with Gasteiger partial charge in [-0.05, 0) is 18.2 Å². The molecule has 0 heterocycles. The van der Waals surface area contributed by atoms with Gasteiger partial charge in [-0.15, -0.1) is 0 Å². The fraction of sp³-hybridized carbons (Fsp3) is 0.300. The molecule has 1 rings (SSSR count). The van der Waals surface area contributed by atoms with Gasteiger partial charge < -0.3 is 4.74 Å². The lowest BCUT2D eigenvalue weighted by atomic mass is 10.2. The molecule has 0 aliphatic rings. The van der Waals surface area contributed by atoms with Gasteiger partial charge in [-0.2, -0.15) is 0 Å². The lowest BCUT2D eigenvalue weighted by Crippen LogP contribution is -2.25. The smallest absolute Gasteiger partial charge is 0.274 e. The number of carbonyl (C=O) groups is 1. The standard InChI is InChI=1S/C10H11ClFNO3/c1-15-4-5-16-13-10(14)7-2-3-9(12)8(11)6-7/h2-3,6H,4-5H2,1H3,(H,13,14). The van der Waals surface area contributed by atoms with Gasteiger partial charge in [0.05, 0.1) is 18.2 Å². The predicted octanol–water partition coefficient (Wildman–Crippen LogP) is 1.79. The lowest BCUT2D eigenvalue weighted by Gasteiger charge is -2.05. The van der Waals surface area contributed by atoms with E-state index in [0.29, 0.717) is 6.61 Å². The van der Waals surface area contributed by atoms with Gasteiger partial charge in [0, 0.05) is 12.7 Å². The van der Waals surface area contributed by atoms with Crippen LogP contribution in [0, 0.1) is 5.82 Å². The molecule has 0 saturated heterocycles. The minimum atomic E-state index is -0.571. The molecule has 0 fully saturated rings. The number of amides is 1. The summed E-state index contributed by atoms with van der Waals surface area (Å²) >= 11 is 5.53. The highest BCUT2D eigenvalue weighted by molar-refractivity contribution is 6.31. The van der Waals surface area contributed by atoms with E-state index in [0.717, 1.165) is 6.07 Å². The van der Waals surface area contributed by atoms with Crippen molar-refractivity contribution < 1.29 is 18.8 Å². The zero-order valence-electron chi connectivity index (χ0n) is 8.63. The summed E-state index contributed by atoms with van der Waals surface area (Å²) in [4.78, 5) is 16.2. The van der Waals surface area contributed by atoms with Crippen molar-refractivity contribution in [2.24, 2.45) is 0 Å². The van der Waals surface area contributed by atoms with Crippen molar-refractivity contribution in [3.8, 4) is 0 Å². The molecule has 88 valence electrons. The number of nitrogens with one attached hydrogen (secondary N) is 1. The zero-order valence-corrected chi connectivity index (χ0v) is 9.38. The van der Waals surface area contributed by atoms with Crippen molar-refractivity contribution >= 4 is 17.5 Å². The molecule has 0 spiro atoms. The second-order valence-electron chi connectivity index (χ2n) is 2.90. The van der Waals surface area contributed by atoms with E-state index < -0.39 is 11.7 Å². The fourth-order valence-electron chi connectivity index (χ4n) is 0.938. The van der Waals surface area contributed by atoms with Gasteiger partial charge in [0.15, 0.2) is 0 Å². The molecule has 0 atom stereocenters. The Balaban J connectivity index is 2.50. The van der Waals surface area contributed by atoms with Gasteiger partial charge in [-0.25, -0.2) is 9.87 Å². The van der Waals surface area contributed by atoms with Gasteiger partial charge in [-0.3, -0.25) is 9.63 Å². The second-order valence-corrected chi connectivity index (χ2v) is 3.31. The van der Waals surface area contributed by atoms with E-state index in [1.54, 1.807) is 0 Å². The quantitative estimate of drug-likeness (QED) is 0.637. The predicted molar refractivity (Wildman–Crippen MR) is 56.7 cm³/mol. The molecule has 16 heavy (non-hydrogen) atoms. The van der Waals surface area contributed by atoms with Gasteiger partial charge >= 0.3 is 0 Å². The molecule has 1 amide bonds. The van der Waals surface area contributed by atoms with E-state index in [9.17, 15) is 9.18 Å². The highest BCUT2D eigenvalue weighted by Gasteiger charge is 2.08. The molecular formula is C10H11ClFNO3. The number of hydrogen-bond acceptors (Lipinski definition) is 3. The van der Waals surface area contributed by atoms with Crippen LogP contribution in [0.4, 0.5) is 4.39 Å². The minimum absolute atomic E-state index is 0.107. The Kier molecular flexibility index (Phi) is 5.18. The van der Waals surface area contributed by atoms with E-state index >= 15 is 0 Å². The molecule has 0 aliphatic heterocycles. The van der Waals surface area contributed by atoms with Crippen LogP contribution >= 0.6 is 11.6 Å². The van der Waals surface area contributed by atoms with Crippen molar-refractivity contribution in [1.29, 1.82) is 0 Å². The molecule has 0 radical (unpaired) electrons. The van der Waals surface area contributed by atoms with Crippen molar-refractivity contribution in [3.63, 3.8) is 0 Å². The highest BCUT2D eigenvalue weighted by Crippen LogP contribution is 2.15. The normalized spacial score (nSPS) is 10.2. The summed E-state index contributed by atoms with van der Waals surface area (Å²) in [5.41, 5.74) is 2.41. The summed E-state index contributed by atoms with van der Waals surface area (Å²) in [5, 5.41) is -0.107. The Morgan fingerprint density at radius 3 is 2.88 bits per heavy atom. The number of methoxy groups -OCH3 is 1. The number of benzene rings is 1. The molecule has 0 aliphatic carbocycles. The van der Waals surface area contributed by atoms with Gasteiger partial charge in [0.2, 0.25) is 0 Å². The first-order valence-corrected chi connectivity index (χ1v) is 4.89. The van der Waals surface area contributed by atoms with Gasteiger partial charge in [0.25, 0.3) is 5.91 Å². The second kappa shape index (κ2) is 6.42. The van der Waals surface area contributed by atoms with Crippen molar-refractivity contribution in [2.45, 2.75) is 0 Å². The Labute approximate surface area is 97.3 Å². The molecule has 0 saturated carbocycles. The van der Waals surface area contributed by atoms with E-state index in [2.05, 4.69) is 5.48 Å². The minimum Gasteiger partial charge on any atom is -0.382 e. The van der Waals surface area contributed by atoms with E-state index in [1.165, 1.54) is 19.2 Å². The Hall–Kier alpha value is -1.17. The highest BCUT2D eigenvalue weighted by atomic mass is 35.5. The third-order valence-corrected chi connectivity index (χ3v) is 2.03. The maximum atomic E-state index is 12.8. The topological polar surface area (TPSA) is 47.6 Å². The molecule has 0 unspecified atom stereocenters.